The Morgan fingerprint density at radius 2 is 1.28 bits per heavy atom. The van der Waals surface area contributed by atoms with E-state index in [9.17, 15) is 28.7 Å². The van der Waals surface area contributed by atoms with Crippen LogP contribution >= 0.6 is 0 Å². The van der Waals surface area contributed by atoms with Crippen molar-refractivity contribution < 1.29 is 71.0 Å². The predicted molar refractivity (Wildman–Crippen MR) is 273 cm³/mol. The molecule has 19 nitrogen and oxygen atoms in total. The summed E-state index contributed by atoms with van der Waals surface area (Å²) in [7, 11) is 0. The van der Waals surface area contributed by atoms with Gasteiger partial charge in [0.1, 0.15) is 24.1 Å². The van der Waals surface area contributed by atoms with E-state index in [1.54, 1.807) is 16.0 Å². The number of ether oxygens (including phenoxy) is 8. The lowest BCUT2D eigenvalue weighted by Gasteiger charge is -2.42. The van der Waals surface area contributed by atoms with Crippen molar-refractivity contribution in [3.63, 3.8) is 0 Å². The van der Waals surface area contributed by atoms with Gasteiger partial charge < -0.3 is 62.7 Å². The van der Waals surface area contributed by atoms with Gasteiger partial charge in [-0.15, -0.1) is 0 Å². The van der Waals surface area contributed by atoms with E-state index in [1.807, 2.05) is 55.7 Å². The van der Waals surface area contributed by atoms with Crippen LogP contribution in [0.1, 0.15) is 58.0 Å². The predicted octanol–water partition coefficient (Wildman–Crippen LogP) is 4.06. The average molecular weight is 1060 g/mol. The average Bonchev–Trinajstić information content (AvgIpc) is 4.12. The molecule has 0 radical (unpaired) electrons. The largest absolute Gasteiger partial charge is 0.387 e. The van der Waals surface area contributed by atoms with E-state index >= 15 is 4.39 Å². The van der Waals surface area contributed by atoms with Gasteiger partial charge in [0.05, 0.1) is 111 Å². The molecule has 1 saturated heterocycles. The number of aliphatic hydroxyl groups excluding tert-OH is 1. The van der Waals surface area contributed by atoms with E-state index in [0.717, 1.165) is 41.7 Å². The van der Waals surface area contributed by atoms with Gasteiger partial charge in [-0.05, 0) is 35.6 Å². The number of aliphatic hydroxyl groups is 1. The Labute approximate surface area is 439 Å². The van der Waals surface area contributed by atoms with Crippen molar-refractivity contribution in [1.82, 2.24) is 29.6 Å². The van der Waals surface area contributed by atoms with Gasteiger partial charge in [0.2, 0.25) is 11.8 Å². The van der Waals surface area contributed by atoms with Gasteiger partial charge in [0.25, 0.3) is 11.8 Å². The monoisotopic (exact) mass is 1060 g/mol. The molecule has 0 bridgehead atoms. The maximum atomic E-state index is 15.3. The number of halogens is 2. The van der Waals surface area contributed by atoms with Crippen LogP contribution in [0.4, 0.5) is 8.78 Å². The van der Waals surface area contributed by atoms with E-state index in [1.165, 1.54) is 12.2 Å². The molecule has 416 valence electrons. The summed E-state index contributed by atoms with van der Waals surface area (Å²) in [6.45, 7) is 15.0. The van der Waals surface area contributed by atoms with Crippen molar-refractivity contribution in [2.45, 2.75) is 59.2 Å². The lowest BCUT2D eigenvalue weighted by Crippen LogP contribution is -2.52. The molecular formula is C54H78F2N6O13. The molecule has 2 aliphatic heterocycles. The minimum absolute atomic E-state index is 0.0445. The van der Waals surface area contributed by atoms with E-state index in [4.69, 9.17) is 42.9 Å². The number of hydrogen-bond donors (Lipinski definition) is 2. The quantitative estimate of drug-likeness (QED) is 0.0615. The minimum Gasteiger partial charge on any atom is -0.387 e. The molecule has 4 amide bonds. The summed E-state index contributed by atoms with van der Waals surface area (Å²) in [6, 6.07) is 11.4. The number of benzene rings is 2. The molecule has 0 spiro atoms. The van der Waals surface area contributed by atoms with E-state index in [0.29, 0.717) is 105 Å². The number of rotatable bonds is 38. The maximum Gasteiger partial charge on any atom is 0.253 e. The van der Waals surface area contributed by atoms with Crippen molar-refractivity contribution in [2.75, 3.05) is 145 Å². The zero-order chi connectivity index (χ0) is 53.8. The second-order valence-electron chi connectivity index (χ2n) is 19.1. The smallest absolute Gasteiger partial charge is 0.253 e. The van der Waals surface area contributed by atoms with Gasteiger partial charge in [-0.2, -0.15) is 0 Å². The van der Waals surface area contributed by atoms with Gasteiger partial charge in [-0.25, -0.2) is 13.8 Å². The van der Waals surface area contributed by atoms with Crippen molar-refractivity contribution in [1.29, 1.82) is 0 Å². The highest BCUT2D eigenvalue weighted by molar-refractivity contribution is 6.13. The number of imidazole rings is 1. The highest BCUT2D eigenvalue weighted by atomic mass is 19.1. The second kappa shape index (κ2) is 33.2. The molecule has 2 aliphatic rings. The molecule has 3 aromatic rings. The fourth-order valence-electron chi connectivity index (χ4n) is 8.76. The summed E-state index contributed by atoms with van der Waals surface area (Å²) in [4.78, 5) is 62.3. The van der Waals surface area contributed by atoms with Crippen LogP contribution in [0, 0.1) is 23.0 Å². The third kappa shape index (κ3) is 20.4. The summed E-state index contributed by atoms with van der Waals surface area (Å²) in [6.07, 6.45) is 4.83. The highest BCUT2D eigenvalue weighted by Gasteiger charge is 2.43. The lowest BCUT2D eigenvalue weighted by atomic mass is 9.84. The Kier molecular flexibility index (Phi) is 26.9. The van der Waals surface area contributed by atoms with Gasteiger partial charge in [-0.1, -0.05) is 58.0 Å². The summed E-state index contributed by atoms with van der Waals surface area (Å²) >= 11 is 0. The number of nitrogens with one attached hydrogen (secondary N) is 1. The number of aromatic nitrogens is 2. The Hall–Kier alpha value is -5.07. The Bertz CT molecular complexity index is 2200. The van der Waals surface area contributed by atoms with Gasteiger partial charge in [0, 0.05) is 88.2 Å². The van der Waals surface area contributed by atoms with Crippen LogP contribution in [0.2, 0.25) is 0 Å². The first-order valence-corrected chi connectivity index (χ1v) is 25.9. The minimum atomic E-state index is -0.825. The fourth-order valence-corrected chi connectivity index (χ4v) is 8.76. The molecule has 3 atom stereocenters. The number of imide groups is 1. The van der Waals surface area contributed by atoms with Crippen LogP contribution in [0.25, 0.3) is 11.3 Å². The maximum absolute atomic E-state index is 15.3. The number of amides is 4. The number of carbonyl (C=O) groups is 4. The van der Waals surface area contributed by atoms with Crippen molar-refractivity contribution in [3.05, 3.63) is 89.9 Å². The summed E-state index contributed by atoms with van der Waals surface area (Å²) < 4.78 is 76.3. The Balaban J connectivity index is 1.14. The Morgan fingerprint density at radius 3 is 1.80 bits per heavy atom. The first-order chi connectivity index (χ1) is 36.3. The van der Waals surface area contributed by atoms with Crippen LogP contribution in [-0.4, -0.2) is 204 Å². The molecule has 2 N–H and O–H groups in total. The first-order valence-electron chi connectivity index (χ1n) is 25.9. The zero-order valence-corrected chi connectivity index (χ0v) is 44.1. The summed E-state index contributed by atoms with van der Waals surface area (Å²) in [5.74, 6) is -3.20. The molecular weight excluding hydrogens is 979 g/mol. The van der Waals surface area contributed by atoms with E-state index < -0.39 is 53.5 Å². The third-order valence-electron chi connectivity index (χ3n) is 12.4. The molecule has 2 unspecified atom stereocenters. The van der Waals surface area contributed by atoms with Crippen LogP contribution in [0.5, 0.6) is 0 Å². The molecule has 0 saturated carbocycles. The van der Waals surface area contributed by atoms with Gasteiger partial charge >= 0.3 is 0 Å². The molecule has 21 heteroatoms. The molecule has 2 aromatic carbocycles. The van der Waals surface area contributed by atoms with Crippen molar-refractivity contribution >= 4 is 23.6 Å². The van der Waals surface area contributed by atoms with Crippen molar-refractivity contribution in [2.24, 2.45) is 11.3 Å². The van der Waals surface area contributed by atoms with Crippen LogP contribution in [-0.2, 0) is 63.6 Å². The zero-order valence-electron chi connectivity index (χ0n) is 44.1. The SMILES string of the molecule is CCCOCCOCCOCCOCCOCCOCCOCCOCCN(C(=O)CCN1C(=O)C=CC1=O)C1CNCC1CN(C(=O)CO)[C@@H](c1nc(-c2cc(F)ccc2F)cn1Cc1ccccc1)C(C)(C)C. The number of hydrogen-bond acceptors (Lipinski definition) is 15. The topological polar surface area (TPSA) is 202 Å². The van der Waals surface area contributed by atoms with Crippen LogP contribution in [0.3, 0.4) is 0 Å². The molecule has 3 heterocycles. The Morgan fingerprint density at radius 1 is 0.747 bits per heavy atom. The molecule has 0 aliphatic carbocycles. The number of carbonyl (C=O) groups excluding carboxylic acids is 4. The van der Waals surface area contributed by atoms with Crippen LogP contribution < -0.4 is 5.32 Å². The molecule has 1 aromatic heterocycles. The summed E-state index contributed by atoms with van der Waals surface area (Å²) in [5, 5.41) is 13.9. The molecule has 5 rings (SSSR count). The highest BCUT2D eigenvalue weighted by Crippen LogP contribution is 2.40. The summed E-state index contributed by atoms with van der Waals surface area (Å²) in [5.41, 5.74) is 0.295. The molecule has 1 fully saturated rings. The van der Waals surface area contributed by atoms with E-state index in [2.05, 4.69) is 12.2 Å². The van der Waals surface area contributed by atoms with E-state index in [-0.39, 0.29) is 69.0 Å². The first kappa shape index (κ1) is 60.8. The third-order valence-corrected chi connectivity index (χ3v) is 12.4. The lowest BCUT2D eigenvalue weighted by molar-refractivity contribution is -0.141. The van der Waals surface area contributed by atoms with Gasteiger partial charge in [0.15, 0.2) is 0 Å². The van der Waals surface area contributed by atoms with Gasteiger partial charge in [-0.3, -0.25) is 24.1 Å². The molecule has 75 heavy (non-hydrogen) atoms. The standard InChI is InChI=1S/C54H78F2N6O13/c1-5-18-68-20-22-70-24-26-72-28-30-74-32-33-75-31-29-73-27-25-71-23-21-69-19-17-60(50(66)15-16-61-48(64)13-14-49(61)65)47-36-57-35-42(47)38-62(51(67)40-63)52(54(2,3)4)53-58-46(44-34-43(55)11-12-45(44)56)39-59(53)37-41-9-7-6-8-10-41/h6-14,34,39,42,47,52,57,63H,5,15-33,35-38,40H2,1-4H3/t42?,47?,52-/m0/s1. The number of nitrogens with zero attached hydrogens (tertiary/aromatic N) is 5. The van der Waals surface area contributed by atoms with Crippen molar-refractivity contribution in [3.8, 4) is 11.3 Å². The second-order valence-corrected chi connectivity index (χ2v) is 19.1. The normalized spacial score (nSPS) is 16.1. The van der Waals surface area contributed by atoms with Crippen LogP contribution in [0.15, 0.2) is 66.9 Å². The fraction of sp³-hybridized carbons (Fsp3) is 0.611.